The molecule has 2 fully saturated rings. The topological polar surface area (TPSA) is 65.8 Å². The Morgan fingerprint density at radius 1 is 1.23 bits per heavy atom. The molecule has 0 bridgehead atoms. The fourth-order valence-corrected chi connectivity index (χ4v) is 3.85. The zero-order chi connectivity index (χ0) is 17.8. The van der Waals surface area contributed by atoms with Crippen LogP contribution in [0.4, 0.5) is 0 Å². The average molecular weight is 358 g/mol. The lowest BCUT2D eigenvalue weighted by Gasteiger charge is -2.43. The number of aromatic nitrogens is 1. The molecule has 1 N–H and O–H groups in total. The third kappa shape index (κ3) is 3.92. The van der Waals surface area contributed by atoms with Crippen molar-refractivity contribution < 1.29 is 18.7 Å². The molecule has 1 atom stereocenters. The van der Waals surface area contributed by atoms with E-state index in [0.29, 0.717) is 12.6 Å². The standard InChI is InChI=1S/C20H26N2O4/c1-23-17-4-2-3-15(11-17)19-12-18(26-22-19)14-21-16-5-8-25-20(13-16)6-9-24-10-7-20/h2-4,11-12,16,21H,5-10,13-14H2,1H3. The highest BCUT2D eigenvalue weighted by atomic mass is 16.5. The fraction of sp³-hybridized carbons (Fsp3) is 0.550. The van der Waals surface area contributed by atoms with Crippen LogP contribution in [0.3, 0.4) is 0 Å². The molecule has 26 heavy (non-hydrogen) atoms. The molecule has 0 aliphatic carbocycles. The summed E-state index contributed by atoms with van der Waals surface area (Å²) in [5.41, 5.74) is 1.82. The number of benzene rings is 1. The summed E-state index contributed by atoms with van der Waals surface area (Å²) in [4.78, 5) is 0. The van der Waals surface area contributed by atoms with E-state index in [1.54, 1.807) is 7.11 Å². The first-order valence-corrected chi connectivity index (χ1v) is 9.31. The van der Waals surface area contributed by atoms with E-state index < -0.39 is 0 Å². The Balaban J connectivity index is 1.35. The maximum absolute atomic E-state index is 6.10. The van der Waals surface area contributed by atoms with Gasteiger partial charge in [-0.25, -0.2) is 0 Å². The molecule has 2 saturated heterocycles. The molecule has 4 rings (SSSR count). The summed E-state index contributed by atoms with van der Waals surface area (Å²) in [5.74, 6) is 1.66. The predicted molar refractivity (Wildman–Crippen MR) is 97.1 cm³/mol. The second-order valence-electron chi connectivity index (χ2n) is 7.12. The molecule has 6 heteroatoms. The van der Waals surface area contributed by atoms with Gasteiger partial charge in [-0.05, 0) is 37.8 Å². The van der Waals surface area contributed by atoms with Crippen molar-refractivity contribution in [1.82, 2.24) is 10.5 Å². The molecular weight excluding hydrogens is 332 g/mol. The van der Waals surface area contributed by atoms with E-state index >= 15 is 0 Å². The van der Waals surface area contributed by atoms with Crippen LogP contribution in [0.25, 0.3) is 11.3 Å². The molecule has 1 aromatic heterocycles. The monoisotopic (exact) mass is 358 g/mol. The average Bonchev–Trinajstić information content (AvgIpc) is 3.16. The minimum atomic E-state index is 0.00132. The molecule has 1 aromatic carbocycles. The van der Waals surface area contributed by atoms with Gasteiger partial charge in [-0.2, -0.15) is 0 Å². The number of nitrogens with one attached hydrogen (secondary N) is 1. The lowest BCUT2D eigenvalue weighted by molar-refractivity contribution is -0.140. The predicted octanol–water partition coefficient (Wildman–Crippen LogP) is 3.17. The van der Waals surface area contributed by atoms with Crippen LogP contribution in [0.1, 0.15) is 31.4 Å². The summed E-state index contributed by atoms with van der Waals surface area (Å²) >= 11 is 0. The molecule has 3 heterocycles. The SMILES string of the molecule is COc1cccc(-c2cc(CNC3CCOC4(CCOCC4)C3)on2)c1. The highest BCUT2D eigenvalue weighted by molar-refractivity contribution is 5.60. The van der Waals surface area contributed by atoms with Gasteiger partial charge in [0.2, 0.25) is 0 Å². The van der Waals surface area contributed by atoms with Crippen molar-refractivity contribution >= 4 is 0 Å². The highest BCUT2D eigenvalue weighted by Gasteiger charge is 2.38. The Kier molecular flexibility index (Phi) is 5.24. The van der Waals surface area contributed by atoms with Gasteiger partial charge in [-0.3, -0.25) is 0 Å². The Hall–Kier alpha value is -1.89. The molecule has 2 aliphatic rings. The van der Waals surface area contributed by atoms with Crippen molar-refractivity contribution in [2.45, 2.75) is 43.9 Å². The van der Waals surface area contributed by atoms with Gasteiger partial charge >= 0.3 is 0 Å². The van der Waals surface area contributed by atoms with Crippen LogP contribution >= 0.6 is 0 Å². The van der Waals surface area contributed by atoms with E-state index in [1.165, 1.54) is 0 Å². The van der Waals surface area contributed by atoms with Crippen LogP contribution in [-0.4, -0.2) is 43.7 Å². The molecule has 0 radical (unpaired) electrons. The Labute approximate surface area is 153 Å². The zero-order valence-corrected chi connectivity index (χ0v) is 15.2. The molecule has 0 saturated carbocycles. The number of nitrogens with zero attached hydrogens (tertiary/aromatic N) is 1. The summed E-state index contributed by atoms with van der Waals surface area (Å²) in [6.07, 6.45) is 4.05. The smallest absolute Gasteiger partial charge is 0.151 e. The minimum absolute atomic E-state index is 0.00132. The van der Waals surface area contributed by atoms with Crippen LogP contribution < -0.4 is 10.1 Å². The molecule has 1 spiro atoms. The van der Waals surface area contributed by atoms with Crippen molar-refractivity contribution in [2.75, 3.05) is 26.9 Å². The Morgan fingerprint density at radius 2 is 2.12 bits per heavy atom. The van der Waals surface area contributed by atoms with Crippen molar-refractivity contribution in [3.8, 4) is 17.0 Å². The van der Waals surface area contributed by atoms with Gasteiger partial charge in [0.15, 0.2) is 5.76 Å². The van der Waals surface area contributed by atoms with Crippen LogP contribution in [-0.2, 0) is 16.0 Å². The molecule has 140 valence electrons. The summed E-state index contributed by atoms with van der Waals surface area (Å²) < 4.78 is 22.4. The highest BCUT2D eigenvalue weighted by Crippen LogP contribution is 2.34. The van der Waals surface area contributed by atoms with Gasteiger partial charge < -0.3 is 24.1 Å². The van der Waals surface area contributed by atoms with Gasteiger partial charge in [0, 0.05) is 37.5 Å². The number of methoxy groups -OCH3 is 1. The van der Waals surface area contributed by atoms with Gasteiger partial charge in [0.1, 0.15) is 11.4 Å². The van der Waals surface area contributed by atoms with Crippen molar-refractivity contribution in [3.05, 3.63) is 36.1 Å². The lowest BCUT2D eigenvalue weighted by atomic mass is 9.84. The van der Waals surface area contributed by atoms with Crippen LogP contribution in [0.15, 0.2) is 34.9 Å². The van der Waals surface area contributed by atoms with E-state index in [0.717, 1.165) is 68.3 Å². The van der Waals surface area contributed by atoms with Gasteiger partial charge in [-0.1, -0.05) is 17.3 Å². The largest absolute Gasteiger partial charge is 0.497 e. The van der Waals surface area contributed by atoms with Crippen molar-refractivity contribution in [1.29, 1.82) is 0 Å². The van der Waals surface area contributed by atoms with Crippen molar-refractivity contribution in [2.24, 2.45) is 0 Å². The summed E-state index contributed by atoms with van der Waals surface area (Å²) in [7, 11) is 1.66. The van der Waals surface area contributed by atoms with Crippen LogP contribution in [0.2, 0.25) is 0 Å². The third-order valence-corrected chi connectivity index (χ3v) is 5.39. The maximum atomic E-state index is 6.10. The molecular formula is C20H26N2O4. The minimum Gasteiger partial charge on any atom is -0.497 e. The molecule has 2 aliphatic heterocycles. The quantitative estimate of drug-likeness (QED) is 0.886. The van der Waals surface area contributed by atoms with E-state index in [2.05, 4.69) is 10.5 Å². The van der Waals surface area contributed by atoms with E-state index in [4.69, 9.17) is 18.7 Å². The van der Waals surface area contributed by atoms with Crippen LogP contribution in [0.5, 0.6) is 5.75 Å². The maximum Gasteiger partial charge on any atom is 0.151 e. The number of hydrogen-bond donors (Lipinski definition) is 1. The summed E-state index contributed by atoms with van der Waals surface area (Å²) in [5, 5.41) is 7.81. The second-order valence-corrected chi connectivity index (χ2v) is 7.12. The molecule has 0 amide bonds. The number of ether oxygens (including phenoxy) is 3. The molecule has 2 aromatic rings. The van der Waals surface area contributed by atoms with Gasteiger partial charge in [-0.15, -0.1) is 0 Å². The second kappa shape index (κ2) is 7.78. The Morgan fingerprint density at radius 3 is 2.96 bits per heavy atom. The first-order valence-electron chi connectivity index (χ1n) is 9.31. The van der Waals surface area contributed by atoms with Crippen molar-refractivity contribution in [3.63, 3.8) is 0 Å². The lowest BCUT2D eigenvalue weighted by Crippen LogP contribution is -2.49. The summed E-state index contributed by atoms with van der Waals surface area (Å²) in [6, 6.07) is 10.3. The first-order chi connectivity index (χ1) is 12.8. The molecule has 1 unspecified atom stereocenters. The zero-order valence-electron chi connectivity index (χ0n) is 15.2. The fourth-order valence-electron chi connectivity index (χ4n) is 3.85. The normalized spacial score (nSPS) is 22.4. The van der Waals surface area contributed by atoms with Gasteiger partial charge in [0.25, 0.3) is 0 Å². The molecule has 6 nitrogen and oxygen atoms in total. The third-order valence-electron chi connectivity index (χ3n) is 5.39. The van der Waals surface area contributed by atoms with E-state index in [1.807, 2.05) is 30.3 Å². The number of rotatable bonds is 5. The van der Waals surface area contributed by atoms with Gasteiger partial charge in [0.05, 0.1) is 19.3 Å². The Bertz CT molecular complexity index is 719. The van der Waals surface area contributed by atoms with E-state index in [-0.39, 0.29) is 5.60 Å². The van der Waals surface area contributed by atoms with Crippen LogP contribution in [0, 0.1) is 0 Å². The summed E-state index contributed by atoms with van der Waals surface area (Å²) in [6.45, 7) is 3.09. The van der Waals surface area contributed by atoms with E-state index in [9.17, 15) is 0 Å². The number of hydrogen-bond acceptors (Lipinski definition) is 6. The first kappa shape index (κ1) is 17.5.